The number of rotatable bonds is 6. The molecule has 156 valence electrons. The molecule has 2 aliphatic heterocycles. The Morgan fingerprint density at radius 3 is 1.77 bits per heavy atom. The van der Waals surface area contributed by atoms with Gasteiger partial charge in [0.05, 0.1) is 25.4 Å². The number of hydrogen-bond donors (Lipinski definition) is 0. The third kappa shape index (κ3) is 3.07. The molecule has 2 heterocycles. The third-order valence-corrected chi connectivity index (χ3v) is 8.91. The van der Waals surface area contributed by atoms with Gasteiger partial charge in [0.2, 0.25) is 0 Å². The first-order valence-electron chi connectivity index (χ1n) is 12.2. The second-order valence-electron chi connectivity index (χ2n) is 11.0. The van der Waals surface area contributed by atoms with Crippen molar-refractivity contribution in [3.05, 3.63) is 70.8 Å². The molecule has 0 amide bonds. The zero-order chi connectivity index (χ0) is 19.7. The van der Waals surface area contributed by atoms with E-state index in [1.54, 1.807) is 11.1 Å². The minimum absolute atomic E-state index is 0.352. The normalized spacial score (nSPS) is 40.5. The predicted molar refractivity (Wildman–Crippen MR) is 118 cm³/mol. The van der Waals surface area contributed by atoms with Gasteiger partial charge in [-0.25, -0.2) is 0 Å². The quantitative estimate of drug-likeness (QED) is 0.604. The lowest BCUT2D eigenvalue weighted by Gasteiger charge is -2.62. The second-order valence-corrected chi connectivity index (χ2v) is 11.0. The lowest BCUT2D eigenvalue weighted by atomic mass is 9.42. The van der Waals surface area contributed by atoms with E-state index in [2.05, 4.69) is 48.5 Å². The van der Waals surface area contributed by atoms with Crippen LogP contribution in [0.5, 0.6) is 0 Å². The summed E-state index contributed by atoms with van der Waals surface area (Å²) in [6, 6.07) is 19.4. The van der Waals surface area contributed by atoms with Gasteiger partial charge in [-0.3, -0.25) is 0 Å². The van der Waals surface area contributed by atoms with Gasteiger partial charge < -0.3 is 9.47 Å². The molecular weight excluding hydrogens is 368 g/mol. The molecule has 5 unspecified atom stereocenters. The molecule has 8 rings (SSSR count). The first kappa shape index (κ1) is 18.0. The third-order valence-electron chi connectivity index (χ3n) is 8.91. The van der Waals surface area contributed by atoms with Gasteiger partial charge in [0.15, 0.2) is 0 Å². The number of benzene rings is 2. The van der Waals surface area contributed by atoms with E-state index in [4.69, 9.17) is 9.47 Å². The Balaban J connectivity index is 1.24. The van der Waals surface area contributed by atoms with Crippen LogP contribution in [-0.2, 0) is 27.7 Å². The fourth-order valence-corrected chi connectivity index (χ4v) is 7.78. The van der Waals surface area contributed by atoms with Gasteiger partial charge in [-0.2, -0.15) is 0 Å². The molecule has 2 saturated heterocycles. The van der Waals surface area contributed by atoms with Crippen LogP contribution in [0.3, 0.4) is 0 Å². The van der Waals surface area contributed by atoms with Crippen LogP contribution in [-0.4, -0.2) is 25.4 Å². The van der Waals surface area contributed by atoms with E-state index >= 15 is 0 Å². The summed E-state index contributed by atoms with van der Waals surface area (Å²) in [5.74, 6) is 3.46. The summed E-state index contributed by atoms with van der Waals surface area (Å²) in [6.45, 7) is 1.89. The minimum Gasteiger partial charge on any atom is -0.373 e. The smallest absolute Gasteiger partial charge is 0.0850 e. The van der Waals surface area contributed by atoms with E-state index in [0.717, 1.165) is 43.8 Å². The van der Waals surface area contributed by atoms with Crippen molar-refractivity contribution in [2.45, 2.75) is 68.5 Å². The maximum Gasteiger partial charge on any atom is 0.0850 e. The summed E-state index contributed by atoms with van der Waals surface area (Å²) in [4.78, 5) is 0. The zero-order valence-corrected chi connectivity index (χ0v) is 17.8. The lowest BCUT2D eigenvalue weighted by Crippen LogP contribution is -2.53. The van der Waals surface area contributed by atoms with Crippen LogP contribution < -0.4 is 0 Å². The van der Waals surface area contributed by atoms with Crippen molar-refractivity contribution in [1.29, 1.82) is 0 Å². The molecule has 2 nitrogen and oxygen atoms in total. The fourth-order valence-electron chi connectivity index (χ4n) is 7.78. The molecule has 0 spiro atoms. The van der Waals surface area contributed by atoms with E-state index in [0.29, 0.717) is 23.5 Å². The Hall–Kier alpha value is -1.64. The summed E-state index contributed by atoms with van der Waals surface area (Å²) in [7, 11) is 0. The fraction of sp³-hybridized carbons (Fsp3) is 0.571. The summed E-state index contributed by atoms with van der Waals surface area (Å²) in [5, 5.41) is 0. The van der Waals surface area contributed by atoms with E-state index in [1.807, 2.05) is 0 Å². The highest BCUT2D eigenvalue weighted by Crippen LogP contribution is 2.66. The molecule has 30 heavy (non-hydrogen) atoms. The Labute approximate surface area is 180 Å². The molecule has 6 fully saturated rings. The standard InChI is InChI=1S/C28H32O2/c1-5-22(6-2-18(1)12-25-16-29-25)27-23-10-20-9-21(11-23)15-28(27,14-20)24-7-3-19(4-8-24)13-26-17-30-26/h1-8,20-21,23,25-27H,9-17H2. The Bertz CT molecular complexity index is 908. The van der Waals surface area contributed by atoms with Crippen molar-refractivity contribution in [1.82, 2.24) is 0 Å². The van der Waals surface area contributed by atoms with E-state index in [9.17, 15) is 0 Å². The van der Waals surface area contributed by atoms with Crippen LogP contribution in [0.1, 0.15) is 60.3 Å². The topological polar surface area (TPSA) is 25.1 Å². The SMILES string of the molecule is c1cc(C2C3CC4CC(C3)CC2(c2ccc(CC3CO3)cc2)C4)ccc1CC1CO1. The molecule has 4 saturated carbocycles. The minimum atomic E-state index is 0.352. The lowest BCUT2D eigenvalue weighted by molar-refractivity contribution is -0.0280. The van der Waals surface area contributed by atoms with Crippen LogP contribution in [0.15, 0.2) is 48.5 Å². The van der Waals surface area contributed by atoms with Crippen LogP contribution in [0.2, 0.25) is 0 Å². The van der Waals surface area contributed by atoms with Crippen molar-refractivity contribution in [2.75, 3.05) is 13.2 Å². The van der Waals surface area contributed by atoms with Gasteiger partial charge in [-0.1, -0.05) is 48.5 Å². The van der Waals surface area contributed by atoms with Gasteiger partial charge in [0, 0.05) is 18.3 Å². The largest absolute Gasteiger partial charge is 0.373 e. The summed E-state index contributed by atoms with van der Waals surface area (Å²) >= 11 is 0. The second kappa shape index (κ2) is 6.68. The van der Waals surface area contributed by atoms with Crippen LogP contribution >= 0.6 is 0 Å². The van der Waals surface area contributed by atoms with Gasteiger partial charge in [-0.05, 0) is 78.0 Å². The highest BCUT2D eigenvalue weighted by Gasteiger charge is 2.57. The Morgan fingerprint density at radius 2 is 1.23 bits per heavy atom. The summed E-state index contributed by atoms with van der Waals surface area (Å²) < 4.78 is 10.9. The molecule has 0 aromatic heterocycles. The molecule has 2 aromatic rings. The molecule has 0 N–H and O–H groups in total. The monoisotopic (exact) mass is 400 g/mol. The van der Waals surface area contributed by atoms with E-state index in [-0.39, 0.29) is 0 Å². The average molecular weight is 401 g/mol. The molecule has 6 aliphatic rings. The zero-order valence-electron chi connectivity index (χ0n) is 17.8. The molecule has 2 heteroatoms. The van der Waals surface area contributed by atoms with Crippen LogP contribution in [0.25, 0.3) is 0 Å². The first-order chi connectivity index (χ1) is 14.7. The van der Waals surface area contributed by atoms with Crippen molar-refractivity contribution in [2.24, 2.45) is 17.8 Å². The van der Waals surface area contributed by atoms with Crippen LogP contribution in [0, 0.1) is 17.8 Å². The van der Waals surface area contributed by atoms with E-state index in [1.165, 1.54) is 43.2 Å². The van der Waals surface area contributed by atoms with Crippen molar-refractivity contribution in [3.63, 3.8) is 0 Å². The Kier molecular flexibility index (Phi) is 4.00. The molecule has 2 aromatic carbocycles. The predicted octanol–water partition coefficient (Wildman–Crippen LogP) is 5.43. The van der Waals surface area contributed by atoms with Crippen LogP contribution in [0.4, 0.5) is 0 Å². The highest BCUT2D eigenvalue weighted by molar-refractivity contribution is 5.40. The van der Waals surface area contributed by atoms with Gasteiger partial charge >= 0.3 is 0 Å². The van der Waals surface area contributed by atoms with Crippen molar-refractivity contribution in [3.8, 4) is 0 Å². The van der Waals surface area contributed by atoms with Gasteiger partial charge in [0.25, 0.3) is 0 Å². The first-order valence-corrected chi connectivity index (χ1v) is 12.2. The van der Waals surface area contributed by atoms with Gasteiger partial charge in [-0.15, -0.1) is 0 Å². The van der Waals surface area contributed by atoms with E-state index < -0.39 is 0 Å². The Morgan fingerprint density at radius 1 is 0.700 bits per heavy atom. The summed E-state index contributed by atoms with van der Waals surface area (Å²) in [5.41, 5.74) is 6.43. The molecule has 0 radical (unpaired) electrons. The highest BCUT2D eigenvalue weighted by atomic mass is 16.6. The van der Waals surface area contributed by atoms with Gasteiger partial charge in [0.1, 0.15) is 0 Å². The van der Waals surface area contributed by atoms with Crippen molar-refractivity contribution < 1.29 is 9.47 Å². The number of epoxide rings is 2. The summed E-state index contributed by atoms with van der Waals surface area (Å²) in [6.07, 6.45) is 10.3. The maximum atomic E-state index is 5.45. The maximum absolute atomic E-state index is 5.45. The molecular formula is C28H32O2. The number of ether oxygens (including phenoxy) is 2. The molecule has 4 bridgehead atoms. The molecule has 4 aliphatic carbocycles. The number of hydrogen-bond acceptors (Lipinski definition) is 2. The molecule has 5 atom stereocenters. The average Bonchev–Trinajstić information content (AvgIpc) is 3.66. The van der Waals surface area contributed by atoms with Crippen molar-refractivity contribution >= 4 is 0 Å².